The molecule has 1 aromatic rings. The van der Waals surface area contributed by atoms with Crippen molar-refractivity contribution in [2.24, 2.45) is 0 Å². The predicted molar refractivity (Wildman–Crippen MR) is 70.9 cm³/mol. The number of carbonyl (C=O) groups is 1. The predicted octanol–water partition coefficient (Wildman–Crippen LogP) is 2.16. The van der Waals surface area contributed by atoms with Gasteiger partial charge in [-0.15, -0.1) is 0 Å². The molecule has 0 saturated carbocycles. The van der Waals surface area contributed by atoms with Gasteiger partial charge in [0.15, 0.2) is 0 Å². The molecule has 1 rings (SSSR count). The number of carbonyl (C=O) groups excluding carboxylic acids is 1. The number of benzene rings is 1. The van der Waals surface area contributed by atoms with E-state index in [1.807, 2.05) is 12.1 Å². The summed E-state index contributed by atoms with van der Waals surface area (Å²) < 4.78 is 1.75. The van der Waals surface area contributed by atoms with E-state index in [-0.39, 0.29) is 18.6 Å². The van der Waals surface area contributed by atoms with Crippen LogP contribution in [0.4, 0.5) is 0 Å². The number of aliphatic hydroxyl groups excluding tert-OH is 1. The van der Waals surface area contributed by atoms with Gasteiger partial charge < -0.3 is 10.4 Å². The molecule has 1 amide bonds. The Morgan fingerprint density at radius 1 is 1.67 bits per heavy atom. The normalized spacial score (nSPS) is 12.3. The minimum atomic E-state index is -0.229. The molecule has 1 aromatic carbocycles. The zero-order valence-electron chi connectivity index (χ0n) is 8.13. The van der Waals surface area contributed by atoms with Crippen LogP contribution in [0.25, 0.3) is 0 Å². The van der Waals surface area contributed by atoms with Crippen molar-refractivity contribution in [3.05, 3.63) is 31.8 Å². The maximum absolute atomic E-state index is 11.7. The Morgan fingerprint density at radius 3 is 2.93 bits per heavy atom. The highest BCUT2D eigenvalue weighted by atomic mass is 127. The van der Waals surface area contributed by atoms with E-state index >= 15 is 0 Å². The number of rotatable bonds is 3. The quantitative estimate of drug-likeness (QED) is 0.786. The largest absolute Gasteiger partial charge is 0.394 e. The van der Waals surface area contributed by atoms with Crippen LogP contribution in [0.2, 0.25) is 0 Å². The van der Waals surface area contributed by atoms with E-state index in [0.29, 0.717) is 5.56 Å². The van der Waals surface area contributed by atoms with E-state index < -0.39 is 0 Å². The molecule has 0 radical (unpaired) electrons. The van der Waals surface area contributed by atoms with E-state index in [1.165, 1.54) is 0 Å². The summed E-state index contributed by atoms with van der Waals surface area (Å²) in [5.41, 5.74) is 0.616. The summed E-state index contributed by atoms with van der Waals surface area (Å²) in [6.45, 7) is 1.69. The Bertz CT molecular complexity index is 370. The number of hydrogen-bond acceptors (Lipinski definition) is 2. The molecule has 0 bridgehead atoms. The number of nitrogens with one attached hydrogen (secondary N) is 1. The number of amides is 1. The molecular weight excluding hydrogens is 373 g/mol. The highest BCUT2D eigenvalue weighted by molar-refractivity contribution is 14.1. The fourth-order valence-corrected chi connectivity index (χ4v) is 1.96. The van der Waals surface area contributed by atoms with Crippen molar-refractivity contribution in [2.75, 3.05) is 6.61 Å². The van der Waals surface area contributed by atoms with Crippen LogP contribution < -0.4 is 5.32 Å². The molecule has 15 heavy (non-hydrogen) atoms. The van der Waals surface area contributed by atoms with Crippen molar-refractivity contribution in [3.63, 3.8) is 0 Å². The third-order valence-electron chi connectivity index (χ3n) is 1.82. The summed E-state index contributed by atoms with van der Waals surface area (Å²) in [6.07, 6.45) is 0. The molecule has 3 nitrogen and oxygen atoms in total. The Kier molecular flexibility index (Phi) is 5.01. The Hall–Kier alpha value is -0.140. The van der Waals surface area contributed by atoms with Crippen molar-refractivity contribution in [2.45, 2.75) is 13.0 Å². The van der Waals surface area contributed by atoms with Crippen molar-refractivity contribution in [1.29, 1.82) is 0 Å². The lowest BCUT2D eigenvalue weighted by molar-refractivity contribution is 0.0921. The summed E-state index contributed by atoms with van der Waals surface area (Å²) in [5.74, 6) is -0.165. The second-order valence-electron chi connectivity index (χ2n) is 3.18. The van der Waals surface area contributed by atoms with Crippen molar-refractivity contribution in [1.82, 2.24) is 5.32 Å². The van der Waals surface area contributed by atoms with Gasteiger partial charge in [0, 0.05) is 14.1 Å². The minimum Gasteiger partial charge on any atom is -0.394 e. The average molecular weight is 384 g/mol. The molecule has 0 saturated heterocycles. The van der Waals surface area contributed by atoms with Gasteiger partial charge in [-0.05, 0) is 47.7 Å². The topological polar surface area (TPSA) is 49.3 Å². The van der Waals surface area contributed by atoms with Gasteiger partial charge in [-0.25, -0.2) is 0 Å². The first-order valence-corrected chi connectivity index (χ1v) is 6.28. The Morgan fingerprint density at radius 2 is 2.33 bits per heavy atom. The molecule has 5 heteroatoms. The van der Waals surface area contributed by atoms with E-state index in [9.17, 15) is 4.79 Å². The van der Waals surface area contributed by atoms with Crippen molar-refractivity contribution in [3.8, 4) is 0 Å². The lowest BCUT2D eigenvalue weighted by Crippen LogP contribution is -2.35. The summed E-state index contributed by atoms with van der Waals surface area (Å²) in [5, 5.41) is 11.5. The van der Waals surface area contributed by atoms with Crippen LogP contribution in [0.15, 0.2) is 22.7 Å². The van der Waals surface area contributed by atoms with Gasteiger partial charge in [-0.1, -0.05) is 15.9 Å². The van der Waals surface area contributed by atoms with Crippen LogP contribution in [0.1, 0.15) is 17.3 Å². The highest BCUT2D eigenvalue weighted by Crippen LogP contribution is 2.18. The van der Waals surface area contributed by atoms with Crippen molar-refractivity contribution < 1.29 is 9.90 Å². The van der Waals surface area contributed by atoms with E-state index in [0.717, 1.165) is 8.04 Å². The lowest BCUT2D eigenvalue weighted by Gasteiger charge is -2.11. The van der Waals surface area contributed by atoms with E-state index in [2.05, 4.69) is 43.8 Å². The van der Waals surface area contributed by atoms with Gasteiger partial charge >= 0.3 is 0 Å². The molecule has 0 aliphatic heterocycles. The van der Waals surface area contributed by atoms with Crippen LogP contribution >= 0.6 is 38.5 Å². The van der Waals surface area contributed by atoms with Crippen LogP contribution in [0, 0.1) is 3.57 Å². The fourth-order valence-electron chi connectivity index (χ4n) is 1.02. The SMILES string of the molecule is C[C@@H](CO)NC(=O)c1cc(Br)ccc1I. The Labute approximate surface area is 111 Å². The third-order valence-corrected chi connectivity index (χ3v) is 3.26. The summed E-state index contributed by atoms with van der Waals surface area (Å²) in [4.78, 5) is 11.7. The number of hydrogen-bond donors (Lipinski definition) is 2. The summed E-state index contributed by atoms with van der Waals surface area (Å²) in [6, 6.07) is 5.28. The maximum atomic E-state index is 11.7. The molecule has 1 atom stereocenters. The fraction of sp³-hybridized carbons (Fsp3) is 0.300. The first kappa shape index (κ1) is 12.9. The Balaban J connectivity index is 2.86. The van der Waals surface area contributed by atoms with E-state index in [1.54, 1.807) is 13.0 Å². The molecule has 0 spiro atoms. The summed E-state index contributed by atoms with van der Waals surface area (Å²) in [7, 11) is 0. The van der Waals surface area contributed by atoms with Gasteiger partial charge in [0.2, 0.25) is 0 Å². The molecule has 82 valence electrons. The molecule has 0 aliphatic carbocycles. The van der Waals surface area contributed by atoms with Crippen LogP contribution in [-0.2, 0) is 0 Å². The molecule has 0 heterocycles. The van der Waals surface area contributed by atoms with Crippen LogP contribution in [0.5, 0.6) is 0 Å². The minimum absolute atomic E-state index is 0.0592. The average Bonchev–Trinajstić information content (AvgIpc) is 2.21. The number of halogens is 2. The van der Waals surface area contributed by atoms with Gasteiger partial charge in [-0.2, -0.15) is 0 Å². The third kappa shape index (κ3) is 3.73. The first-order chi connectivity index (χ1) is 7.04. The molecule has 0 fully saturated rings. The van der Waals surface area contributed by atoms with Gasteiger partial charge in [0.05, 0.1) is 12.2 Å². The van der Waals surface area contributed by atoms with Gasteiger partial charge in [0.1, 0.15) is 0 Å². The molecule has 2 N–H and O–H groups in total. The van der Waals surface area contributed by atoms with Crippen LogP contribution in [0.3, 0.4) is 0 Å². The molecular formula is C10H11BrINO2. The van der Waals surface area contributed by atoms with Gasteiger partial charge in [-0.3, -0.25) is 4.79 Å². The van der Waals surface area contributed by atoms with Gasteiger partial charge in [0.25, 0.3) is 5.91 Å². The zero-order chi connectivity index (χ0) is 11.4. The summed E-state index contributed by atoms with van der Waals surface area (Å²) >= 11 is 5.42. The van der Waals surface area contributed by atoms with Crippen molar-refractivity contribution >= 4 is 44.4 Å². The zero-order valence-corrected chi connectivity index (χ0v) is 11.9. The highest BCUT2D eigenvalue weighted by Gasteiger charge is 2.12. The first-order valence-electron chi connectivity index (χ1n) is 4.41. The number of aliphatic hydroxyl groups is 1. The lowest BCUT2D eigenvalue weighted by atomic mass is 10.2. The van der Waals surface area contributed by atoms with Crippen LogP contribution in [-0.4, -0.2) is 23.7 Å². The second kappa shape index (κ2) is 5.81. The maximum Gasteiger partial charge on any atom is 0.252 e. The van der Waals surface area contributed by atoms with E-state index in [4.69, 9.17) is 5.11 Å². The smallest absolute Gasteiger partial charge is 0.252 e. The molecule has 0 unspecified atom stereocenters. The standard InChI is InChI=1S/C10H11BrINO2/c1-6(5-14)13-10(15)8-4-7(11)2-3-9(8)12/h2-4,6,14H,5H2,1H3,(H,13,15)/t6-/m0/s1. The monoisotopic (exact) mass is 383 g/mol. The molecule has 0 aromatic heterocycles. The second-order valence-corrected chi connectivity index (χ2v) is 5.26. The molecule has 0 aliphatic rings.